The van der Waals surface area contributed by atoms with Gasteiger partial charge in [-0.3, -0.25) is 19.7 Å². The van der Waals surface area contributed by atoms with Gasteiger partial charge < -0.3 is 5.32 Å². The Morgan fingerprint density at radius 2 is 1.70 bits per heavy atom. The lowest BCUT2D eigenvalue weighted by molar-refractivity contribution is -0.384. The molecular formula is C23H16ClFN4O4. The number of carbonyl (C=O) groups excluding carboxylic acids is 2. The smallest absolute Gasteiger partial charge is 0.287 e. The van der Waals surface area contributed by atoms with Crippen LogP contribution >= 0.6 is 11.6 Å². The van der Waals surface area contributed by atoms with Crippen molar-refractivity contribution in [2.24, 2.45) is 5.10 Å². The largest absolute Gasteiger partial charge is 0.317 e. The molecule has 10 heteroatoms. The van der Waals surface area contributed by atoms with E-state index >= 15 is 0 Å². The van der Waals surface area contributed by atoms with Gasteiger partial charge in [-0.2, -0.15) is 5.10 Å². The average Bonchev–Trinajstić information content (AvgIpc) is 2.81. The third kappa shape index (κ3) is 6.31. The second-order valence-corrected chi connectivity index (χ2v) is 6.97. The Hall–Kier alpha value is -4.37. The van der Waals surface area contributed by atoms with E-state index in [0.717, 1.165) is 6.21 Å². The Balaban J connectivity index is 1.85. The Bertz CT molecular complexity index is 1220. The van der Waals surface area contributed by atoms with Gasteiger partial charge >= 0.3 is 0 Å². The molecule has 0 saturated heterocycles. The van der Waals surface area contributed by atoms with Gasteiger partial charge in [0.25, 0.3) is 17.5 Å². The number of amides is 2. The van der Waals surface area contributed by atoms with Crippen molar-refractivity contribution >= 4 is 41.4 Å². The highest BCUT2D eigenvalue weighted by Crippen LogP contribution is 2.17. The molecule has 166 valence electrons. The number of benzene rings is 3. The molecule has 0 aliphatic heterocycles. The molecule has 3 aromatic rings. The molecule has 33 heavy (non-hydrogen) atoms. The summed E-state index contributed by atoms with van der Waals surface area (Å²) in [6, 6.07) is 17.6. The molecule has 0 unspecified atom stereocenters. The molecule has 0 radical (unpaired) electrons. The summed E-state index contributed by atoms with van der Waals surface area (Å²) in [5, 5.41) is 17.2. The number of nitrogens with zero attached hydrogens (tertiary/aromatic N) is 2. The number of non-ortho nitro benzene ring substituents is 1. The van der Waals surface area contributed by atoms with Crippen LogP contribution in [0.4, 0.5) is 10.1 Å². The van der Waals surface area contributed by atoms with Crippen LogP contribution in [-0.4, -0.2) is 23.0 Å². The van der Waals surface area contributed by atoms with E-state index in [1.165, 1.54) is 48.5 Å². The standard InChI is InChI=1S/C23H16ClFN4O4/c24-19-7-4-8-20(25)18(19)14-26-28-23(31)21(27-22(30)16-5-2-1-3-6-16)13-15-9-11-17(12-10-15)29(32)33/h1-14H,(H,27,30)(H,28,31)/b21-13-,26-14-. The van der Waals surface area contributed by atoms with Gasteiger partial charge in [-0.25, -0.2) is 9.82 Å². The molecule has 0 heterocycles. The summed E-state index contributed by atoms with van der Waals surface area (Å²) in [6.07, 6.45) is 2.36. The Kier molecular flexibility index (Phi) is 7.61. The van der Waals surface area contributed by atoms with Crippen molar-refractivity contribution in [2.75, 3.05) is 0 Å². The summed E-state index contributed by atoms with van der Waals surface area (Å²) in [4.78, 5) is 35.5. The van der Waals surface area contributed by atoms with Gasteiger partial charge in [0.15, 0.2) is 0 Å². The van der Waals surface area contributed by atoms with Crippen molar-refractivity contribution in [3.63, 3.8) is 0 Å². The summed E-state index contributed by atoms with van der Waals surface area (Å²) in [6.45, 7) is 0. The first-order chi connectivity index (χ1) is 15.8. The zero-order valence-corrected chi connectivity index (χ0v) is 17.6. The van der Waals surface area contributed by atoms with E-state index in [1.807, 2.05) is 0 Å². The minimum atomic E-state index is -0.804. The second kappa shape index (κ2) is 10.8. The van der Waals surface area contributed by atoms with Gasteiger partial charge in [-0.15, -0.1) is 0 Å². The van der Waals surface area contributed by atoms with Crippen molar-refractivity contribution in [2.45, 2.75) is 0 Å². The van der Waals surface area contributed by atoms with Crippen LogP contribution in [-0.2, 0) is 4.79 Å². The monoisotopic (exact) mass is 466 g/mol. The van der Waals surface area contributed by atoms with Gasteiger partial charge in [-0.1, -0.05) is 35.9 Å². The summed E-state index contributed by atoms with van der Waals surface area (Å²) in [7, 11) is 0. The van der Waals surface area contributed by atoms with Crippen LogP contribution < -0.4 is 10.7 Å². The number of halogens is 2. The highest BCUT2D eigenvalue weighted by molar-refractivity contribution is 6.33. The average molecular weight is 467 g/mol. The lowest BCUT2D eigenvalue weighted by atomic mass is 10.1. The molecule has 0 aromatic heterocycles. The number of hydrogen-bond donors (Lipinski definition) is 2. The lowest BCUT2D eigenvalue weighted by Crippen LogP contribution is -2.32. The molecular weight excluding hydrogens is 451 g/mol. The zero-order valence-electron chi connectivity index (χ0n) is 16.9. The maximum absolute atomic E-state index is 13.9. The predicted molar refractivity (Wildman–Crippen MR) is 122 cm³/mol. The summed E-state index contributed by atoms with van der Waals surface area (Å²) < 4.78 is 13.9. The Labute approximate surface area is 192 Å². The maximum Gasteiger partial charge on any atom is 0.287 e. The number of hydrogen-bond acceptors (Lipinski definition) is 5. The molecule has 8 nitrogen and oxygen atoms in total. The normalized spacial score (nSPS) is 11.3. The number of hydrazone groups is 1. The fourth-order valence-corrected chi connectivity index (χ4v) is 2.86. The van der Waals surface area contributed by atoms with Crippen molar-refractivity contribution in [1.82, 2.24) is 10.7 Å². The van der Waals surface area contributed by atoms with Crippen LogP contribution in [0.15, 0.2) is 83.6 Å². The third-order valence-electron chi connectivity index (χ3n) is 4.30. The van der Waals surface area contributed by atoms with Crippen LogP contribution in [0.3, 0.4) is 0 Å². The van der Waals surface area contributed by atoms with Gasteiger partial charge in [0, 0.05) is 23.3 Å². The van der Waals surface area contributed by atoms with Crippen molar-refractivity contribution < 1.29 is 18.9 Å². The first-order valence-corrected chi connectivity index (χ1v) is 9.83. The first kappa shape index (κ1) is 23.3. The molecule has 3 rings (SSSR count). The molecule has 0 fully saturated rings. The lowest BCUT2D eigenvalue weighted by Gasteiger charge is -2.09. The minimum absolute atomic E-state index is 0.0197. The fourth-order valence-electron chi connectivity index (χ4n) is 2.65. The molecule has 0 saturated carbocycles. The van der Waals surface area contributed by atoms with Crippen LogP contribution in [0, 0.1) is 15.9 Å². The highest BCUT2D eigenvalue weighted by Gasteiger charge is 2.15. The molecule has 0 bridgehead atoms. The van der Waals surface area contributed by atoms with E-state index in [-0.39, 0.29) is 22.0 Å². The van der Waals surface area contributed by atoms with Crippen LogP contribution in [0.1, 0.15) is 21.5 Å². The van der Waals surface area contributed by atoms with Gasteiger partial charge in [-0.05, 0) is 48.0 Å². The Morgan fingerprint density at radius 1 is 1.00 bits per heavy atom. The topological polar surface area (TPSA) is 114 Å². The van der Waals surface area contributed by atoms with Crippen molar-refractivity contribution in [3.8, 4) is 0 Å². The number of nitro benzene ring substituents is 1. The van der Waals surface area contributed by atoms with Crippen LogP contribution in [0.2, 0.25) is 5.02 Å². The quantitative estimate of drug-likeness (QED) is 0.234. The number of rotatable bonds is 7. The SMILES string of the molecule is O=C(N/N=C\c1c(F)cccc1Cl)/C(=C/c1ccc([N+](=O)[O-])cc1)NC(=O)c1ccccc1. The molecule has 2 amide bonds. The highest BCUT2D eigenvalue weighted by atomic mass is 35.5. The molecule has 0 aliphatic rings. The van der Waals surface area contributed by atoms with Gasteiger partial charge in [0.2, 0.25) is 0 Å². The third-order valence-corrected chi connectivity index (χ3v) is 4.63. The number of nitrogens with one attached hydrogen (secondary N) is 2. The van der Waals surface area contributed by atoms with E-state index in [2.05, 4.69) is 15.8 Å². The van der Waals surface area contributed by atoms with E-state index in [4.69, 9.17) is 11.6 Å². The van der Waals surface area contributed by atoms with E-state index in [0.29, 0.717) is 11.1 Å². The molecule has 3 aromatic carbocycles. The Morgan fingerprint density at radius 3 is 2.33 bits per heavy atom. The fraction of sp³-hybridized carbons (Fsp3) is 0. The van der Waals surface area contributed by atoms with Crippen molar-refractivity contribution in [1.29, 1.82) is 0 Å². The first-order valence-electron chi connectivity index (χ1n) is 9.45. The van der Waals surface area contributed by atoms with Crippen molar-refractivity contribution in [3.05, 3.63) is 116 Å². The van der Waals surface area contributed by atoms with E-state index in [9.17, 15) is 24.1 Å². The zero-order chi connectivity index (χ0) is 23.8. The molecule has 0 atom stereocenters. The van der Waals surface area contributed by atoms with Crippen LogP contribution in [0.5, 0.6) is 0 Å². The van der Waals surface area contributed by atoms with Gasteiger partial charge in [0.1, 0.15) is 11.5 Å². The molecule has 2 N–H and O–H groups in total. The number of carbonyl (C=O) groups is 2. The van der Waals surface area contributed by atoms with Crippen LogP contribution in [0.25, 0.3) is 6.08 Å². The minimum Gasteiger partial charge on any atom is -0.317 e. The number of nitro groups is 1. The van der Waals surface area contributed by atoms with Gasteiger partial charge in [0.05, 0.1) is 16.2 Å². The maximum atomic E-state index is 13.9. The molecule has 0 aliphatic carbocycles. The van der Waals surface area contributed by atoms with E-state index < -0.39 is 22.6 Å². The summed E-state index contributed by atoms with van der Waals surface area (Å²) in [5.41, 5.74) is 2.60. The summed E-state index contributed by atoms with van der Waals surface area (Å²) >= 11 is 5.93. The predicted octanol–water partition coefficient (Wildman–Crippen LogP) is 4.31. The van der Waals surface area contributed by atoms with E-state index in [1.54, 1.807) is 30.3 Å². The second-order valence-electron chi connectivity index (χ2n) is 6.56. The molecule has 0 spiro atoms. The summed E-state index contributed by atoms with van der Waals surface area (Å²) in [5.74, 6) is -1.99.